The lowest BCUT2D eigenvalue weighted by Crippen LogP contribution is -2.51. The van der Waals surface area contributed by atoms with Crippen molar-refractivity contribution in [1.82, 2.24) is 10.2 Å². The maximum atomic E-state index is 14.8. The predicted molar refractivity (Wildman–Crippen MR) is 184 cm³/mol. The number of carbonyl (C=O) groups is 2. The second-order valence-corrected chi connectivity index (χ2v) is 15.4. The van der Waals surface area contributed by atoms with Crippen molar-refractivity contribution in [2.45, 2.75) is 104 Å². The van der Waals surface area contributed by atoms with Crippen molar-refractivity contribution in [3.8, 4) is 5.75 Å². The molecule has 248 valence electrons. The van der Waals surface area contributed by atoms with Crippen molar-refractivity contribution in [3.05, 3.63) is 65.2 Å². The summed E-state index contributed by atoms with van der Waals surface area (Å²) in [7, 11) is 0. The van der Waals surface area contributed by atoms with E-state index in [0.717, 1.165) is 61.8 Å². The van der Waals surface area contributed by atoms with Gasteiger partial charge >= 0.3 is 0 Å². The lowest BCUT2D eigenvalue weighted by Gasteiger charge is -2.46. The number of amidine groups is 1. The van der Waals surface area contributed by atoms with Gasteiger partial charge in [-0.05, 0) is 104 Å². The molecule has 0 saturated heterocycles. The molecule has 3 atom stereocenters. The first-order chi connectivity index (χ1) is 21.8. The van der Waals surface area contributed by atoms with E-state index in [2.05, 4.69) is 44.8 Å². The van der Waals surface area contributed by atoms with Crippen LogP contribution < -0.4 is 15.8 Å². The van der Waals surface area contributed by atoms with Gasteiger partial charge in [0.05, 0.1) is 19.2 Å². The van der Waals surface area contributed by atoms with Gasteiger partial charge in [-0.1, -0.05) is 65.3 Å². The van der Waals surface area contributed by atoms with E-state index >= 15 is 0 Å². The zero-order valence-corrected chi connectivity index (χ0v) is 28.4. The van der Waals surface area contributed by atoms with E-state index in [1.165, 1.54) is 12.8 Å². The first-order valence-corrected chi connectivity index (χ1v) is 17.2. The van der Waals surface area contributed by atoms with Crippen LogP contribution in [0.15, 0.2) is 53.5 Å². The van der Waals surface area contributed by atoms with E-state index in [9.17, 15) is 9.59 Å². The fourth-order valence-electron chi connectivity index (χ4n) is 7.14. The fourth-order valence-corrected chi connectivity index (χ4v) is 7.14. The van der Waals surface area contributed by atoms with Crippen LogP contribution >= 0.6 is 0 Å². The van der Waals surface area contributed by atoms with Crippen molar-refractivity contribution in [2.75, 3.05) is 13.2 Å². The van der Waals surface area contributed by atoms with Crippen molar-refractivity contribution < 1.29 is 14.3 Å². The molecule has 8 heteroatoms. The highest BCUT2D eigenvalue weighted by molar-refractivity contribution is 6.46. The first-order valence-electron chi connectivity index (χ1n) is 17.2. The number of amides is 2. The maximum absolute atomic E-state index is 14.8. The molecule has 2 unspecified atom stereocenters. The molecule has 1 aliphatic heterocycles. The van der Waals surface area contributed by atoms with E-state index in [1.54, 1.807) is 0 Å². The summed E-state index contributed by atoms with van der Waals surface area (Å²) in [5.74, 6) is 2.11. The fraction of sp³-hybridized carbons (Fsp3) is 0.579. The summed E-state index contributed by atoms with van der Waals surface area (Å²) in [5, 5.41) is 10.1. The smallest absolute Gasteiger partial charge is 0.275 e. The van der Waals surface area contributed by atoms with Crippen LogP contribution in [0, 0.1) is 28.6 Å². The summed E-state index contributed by atoms with van der Waals surface area (Å²) in [6, 6.07) is 15.3. The molecule has 0 aromatic heterocycles. The first kappa shape index (κ1) is 33.7. The summed E-state index contributed by atoms with van der Waals surface area (Å²) >= 11 is 0. The van der Waals surface area contributed by atoms with Gasteiger partial charge < -0.3 is 20.7 Å². The molecule has 8 nitrogen and oxygen atoms in total. The van der Waals surface area contributed by atoms with Crippen LogP contribution in [0.25, 0.3) is 0 Å². The standard InChI is InChI=1S/C38H53N5O3/c1-25(2)20-27-8-7-18-38(22-27)42-34(30-9-6-10-31(21-30)46-24-26-11-12-26)36(45)43(38)32(17-19-37(3,4)5)28-13-15-29(16-14-28)35(44)41-23-33(39)40/h6,9-10,13-16,21,25-27,32H,7-8,11-12,17-20,22-24H2,1-5H3,(H3,39,40)(H,41,44)/t27?,32-,38?/m1/s1. The highest BCUT2D eigenvalue weighted by Gasteiger charge is 2.52. The van der Waals surface area contributed by atoms with Crippen LogP contribution in [0.5, 0.6) is 5.75 Å². The van der Waals surface area contributed by atoms with Crippen LogP contribution in [0.2, 0.25) is 0 Å². The molecule has 1 spiro atoms. The van der Waals surface area contributed by atoms with Gasteiger partial charge in [-0.25, -0.2) is 0 Å². The third kappa shape index (κ3) is 8.37. The third-order valence-corrected chi connectivity index (χ3v) is 9.57. The van der Waals surface area contributed by atoms with E-state index < -0.39 is 5.66 Å². The van der Waals surface area contributed by atoms with E-state index in [4.69, 9.17) is 20.9 Å². The average Bonchev–Trinajstić information content (AvgIpc) is 3.79. The second-order valence-electron chi connectivity index (χ2n) is 15.4. The maximum Gasteiger partial charge on any atom is 0.275 e. The Morgan fingerprint density at radius 3 is 2.52 bits per heavy atom. The SMILES string of the molecule is CC(C)CC1CCCC2(C1)N=C(c1cccc(OCC3CC3)c1)C(=O)N2[C@H](CCC(C)(C)C)c1ccc(C(=O)NCC(=N)N)cc1. The number of nitrogens with zero attached hydrogens (tertiary/aromatic N) is 2. The molecule has 4 N–H and O–H groups in total. The van der Waals surface area contributed by atoms with Gasteiger partial charge in [-0.15, -0.1) is 0 Å². The highest BCUT2D eigenvalue weighted by Crippen LogP contribution is 2.49. The largest absolute Gasteiger partial charge is 0.493 e. The van der Waals surface area contributed by atoms with Gasteiger partial charge in [0.15, 0.2) is 0 Å². The number of hydrogen-bond donors (Lipinski definition) is 3. The van der Waals surface area contributed by atoms with E-state index in [1.807, 2.05) is 48.5 Å². The molecule has 3 aliphatic rings. The van der Waals surface area contributed by atoms with Crippen molar-refractivity contribution in [3.63, 3.8) is 0 Å². The molecular weight excluding hydrogens is 574 g/mol. The lowest BCUT2D eigenvalue weighted by atomic mass is 9.76. The summed E-state index contributed by atoms with van der Waals surface area (Å²) in [4.78, 5) is 35.1. The summed E-state index contributed by atoms with van der Waals surface area (Å²) in [6.45, 7) is 12.0. The zero-order chi connectivity index (χ0) is 33.1. The van der Waals surface area contributed by atoms with Crippen molar-refractivity contribution >= 4 is 23.4 Å². The molecule has 5 rings (SSSR count). The minimum Gasteiger partial charge on any atom is -0.493 e. The second kappa shape index (κ2) is 14.0. The molecule has 46 heavy (non-hydrogen) atoms. The minimum absolute atomic E-state index is 0.00404. The Morgan fingerprint density at radius 2 is 1.87 bits per heavy atom. The van der Waals surface area contributed by atoms with Crippen LogP contribution in [0.4, 0.5) is 0 Å². The topological polar surface area (TPSA) is 121 Å². The third-order valence-electron chi connectivity index (χ3n) is 9.57. The number of benzene rings is 2. The Morgan fingerprint density at radius 1 is 1.13 bits per heavy atom. The molecule has 0 bridgehead atoms. The van der Waals surface area contributed by atoms with Crippen molar-refractivity contribution in [2.24, 2.45) is 33.9 Å². The molecule has 2 saturated carbocycles. The average molecular weight is 628 g/mol. The zero-order valence-electron chi connectivity index (χ0n) is 28.4. The number of carbonyl (C=O) groups excluding carboxylic acids is 2. The predicted octanol–water partition coefficient (Wildman–Crippen LogP) is 7.27. The van der Waals surface area contributed by atoms with Gasteiger partial charge in [0.25, 0.3) is 11.8 Å². The Balaban J connectivity index is 1.52. The lowest BCUT2D eigenvalue weighted by molar-refractivity contribution is -0.134. The number of hydrogen-bond acceptors (Lipinski definition) is 5. The molecule has 1 heterocycles. The van der Waals surface area contributed by atoms with Gasteiger partial charge in [0.1, 0.15) is 23.0 Å². The van der Waals surface area contributed by atoms with Gasteiger partial charge in [0.2, 0.25) is 0 Å². The molecule has 2 aliphatic carbocycles. The number of rotatable bonds is 13. The van der Waals surface area contributed by atoms with Crippen LogP contribution in [-0.4, -0.2) is 47.1 Å². The molecule has 2 aromatic carbocycles. The number of nitrogens with one attached hydrogen (secondary N) is 2. The molecule has 2 fully saturated rings. The Kier molecular flexibility index (Phi) is 10.2. The molecule has 2 amide bonds. The van der Waals surface area contributed by atoms with Gasteiger partial charge in [0, 0.05) is 11.1 Å². The normalized spacial score (nSPS) is 22.2. The molecular formula is C38H53N5O3. The van der Waals surface area contributed by atoms with E-state index in [0.29, 0.717) is 35.6 Å². The molecule has 2 aromatic rings. The quantitative estimate of drug-likeness (QED) is 0.160. The van der Waals surface area contributed by atoms with Crippen molar-refractivity contribution in [1.29, 1.82) is 5.41 Å². The van der Waals surface area contributed by atoms with Gasteiger partial charge in [-0.2, -0.15) is 0 Å². The van der Waals surface area contributed by atoms with Gasteiger partial charge in [-0.3, -0.25) is 20.0 Å². The monoisotopic (exact) mass is 627 g/mol. The van der Waals surface area contributed by atoms with E-state index in [-0.39, 0.29) is 35.7 Å². The minimum atomic E-state index is -0.616. The van der Waals surface area contributed by atoms with Crippen LogP contribution in [0.1, 0.15) is 120 Å². The number of ether oxygens (including phenoxy) is 1. The summed E-state index contributed by atoms with van der Waals surface area (Å²) < 4.78 is 6.11. The Hall–Kier alpha value is -3.68. The summed E-state index contributed by atoms with van der Waals surface area (Å²) in [5.41, 5.74) is 7.75. The van der Waals surface area contributed by atoms with Crippen LogP contribution in [-0.2, 0) is 4.79 Å². The number of aliphatic imine (C=N–C) groups is 1. The summed E-state index contributed by atoms with van der Waals surface area (Å²) in [6.07, 6.45) is 9.16. The Labute approximate surface area is 275 Å². The molecule has 0 radical (unpaired) electrons. The highest BCUT2D eigenvalue weighted by atomic mass is 16.5. The Bertz CT molecular complexity index is 1440. The van der Waals surface area contributed by atoms with Crippen LogP contribution in [0.3, 0.4) is 0 Å². The number of nitrogens with two attached hydrogens (primary N) is 1.